The predicted octanol–water partition coefficient (Wildman–Crippen LogP) is 5.29. The molecule has 32 heavy (non-hydrogen) atoms. The maximum atomic E-state index is 13.1. The van der Waals surface area contributed by atoms with Gasteiger partial charge in [0.25, 0.3) is 5.91 Å². The molecule has 3 aromatic rings. The van der Waals surface area contributed by atoms with E-state index in [0.717, 1.165) is 18.2 Å². The number of rotatable bonds is 6. The molecule has 1 aromatic heterocycles. The summed E-state index contributed by atoms with van der Waals surface area (Å²) in [7, 11) is 0. The molecule has 0 aliphatic heterocycles. The molecule has 0 atom stereocenters. The first-order valence-electron chi connectivity index (χ1n) is 9.11. The molecule has 0 saturated heterocycles. The van der Waals surface area contributed by atoms with Crippen LogP contribution < -0.4 is 10.1 Å². The van der Waals surface area contributed by atoms with Crippen molar-refractivity contribution in [2.45, 2.75) is 12.8 Å². The van der Waals surface area contributed by atoms with Crippen molar-refractivity contribution in [3.63, 3.8) is 0 Å². The number of carbonyl (C=O) groups is 1. The molecule has 160 valence electrons. The maximum Gasteiger partial charge on any atom is 0.418 e. The highest BCUT2D eigenvalue weighted by Gasteiger charge is 2.33. The van der Waals surface area contributed by atoms with Crippen molar-refractivity contribution < 1.29 is 27.1 Å². The van der Waals surface area contributed by atoms with Crippen molar-refractivity contribution in [2.24, 2.45) is 0 Å². The second kappa shape index (κ2) is 9.54. The summed E-state index contributed by atoms with van der Waals surface area (Å²) in [5.41, 5.74) is -1.42. The van der Waals surface area contributed by atoms with Gasteiger partial charge in [0, 0.05) is 6.08 Å². The van der Waals surface area contributed by atoms with Gasteiger partial charge < -0.3 is 14.5 Å². The molecular weight excluding hydrogens is 423 g/mol. The molecule has 0 fully saturated rings. The fourth-order valence-corrected chi connectivity index (χ4v) is 2.65. The van der Waals surface area contributed by atoms with E-state index in [-0.39, 0.29) is 12.4 Å². The number of nitrogens with zero attached hydrogens (tertiary/aromatic N) is 2. The lowest BCUT2D eigenvalue weighted by Crippen LogP contribution is -2.17. The third-order valence-electron chi connectivity index (χ3n) is 4.18. The number of hydrogen-bond acceptors (Lipinski definition) is 5. The van der Waals surface area contributed by atoms with Crippen molar-refractivity contribution in [1.82, 2.24) is 0 Å². The third kappa shape index (κ3) is 5.55. The Morgan fingerprint density at radius 1 is 1.06 bits per heavy atom. The van der Waals surface area contributed by atoms with Crippen molar-refractivity contribution in [1.29, 1.82) is 10.5 Å². The molecule has 0 spiro atoms. The van der Waals surface area contributed by atoms with Gasteiger partial charge in [0.2, 0.25) is 0 Å². The van der Waals surface area contributed by atoms with Crippen molar-refractivity contribution in [2.75, 3.05) is 5.32 Å². The van der Waals surface area contributed by atoms with Gasteiger partial charge >= 0.3 is 6.18 Å². The van der Waals surface area contributed by atoms with Gasteiger partial charge in [-0.25, -0.2) is 0 Å². The zero-order chi connectivity index (χ0) is 23.1. The summed E-state index contributed by atoms with van der Waals surface area (Å²) in [5.74, 6) is 0.0499. The van der Waals surface area contributed by atoms with Crippen molar-refractivity contribution >= 4 is 17.7 Å². The number of anilines is 1. The van der Waals surface area contributed by atoms with Crippen LogP contribution in [0.4, 0.5) is 18.9 Å². The van der Waals surface area contributed by atoms with Crippen LogP contribution in [0.25, 0.3) is 6.08 Å². The number of furan rings is 1. The van der Waals surface area contributed by atoms with Crippen LogP contribution in [0.5, 0.6) is 5.75 Å². The number of para-hydroxylation sites is 1. The number of carbonyl (C=O) groups excluding carboxylic acids is 1. The van der Waals surface area contributed by atoms with E-state index in [0.29, 0.717) is 17.1 Å². The Morgan fingerprint density at radius 3 is 2.44 bits per heavy atom. The Kier molecular flexibility index (Phi) is 6.62. The van der Waals surface area contributed by atoms with Crippen LogP contribution in [0.1, 0.15) is 22.6 Å². The van der Waals surface area contributed by atoms with Gasteiger partial charge in [-0.2, -0.15) is 23.7 Å². The Morgan fingerprint density at radius 2 is 1.78 bits per heavy atom. The SMILES string of the molecule is N#CC(=Cc1ccc(COc2ccc(C#N)cc2)o1)C(=O)Nc1ccccc1C(F)(F)F. The summed E-state index contributed by atoms with van der Waals surface area (Å²) in [6.07, 6.45) is -3.54. The standard InChI is InChI=1S/C23H14F3N3O3/c24-23(25,26)20-3-1-2-4-21(20)29-22(30)16(13-28)11-18-9-10-19(32-18)14-31-17-7-5-15(12-27)6-8-17/h1-11H,14H2,(H,29,30). The lowest BCUT2D eigenvalue weighted by molar-refractivity contribution is -0.137. The van der Waals surface area contributed by atoms with E-state index < -0.39 is 28.9 Å². The molecule has 2 aromatic carbocycles. The topological polar surface area (TPSA) is 99.0 Å². The highest BCUT2D eigenvalue weighted by molar-refractivity contribution is 6.09. The first-order chi connectivity index (χ1) is 15.3. The zero-order valence-electron chi connectivity index (χ0n) is 16.3. The molecule has 1 amide bonds. The zero-order valence-corrected chi connectivity index (χ0v) is 16.3. The molecule has 3 rings (SSSR count). The average Bonchev–Trinajstić information content (AvgIpc) is 3.23. The van der Waals surface area contributed by atoms with Crippen LogP contribution in [0.15, 0.2) is 70.7 Å². The van der Waals surface area contributed by atoms with Gasteiger partial charge in [0.1, 0.15) is 35.5 Å². The van der Waals surface area contributed by atoms with E-state index >= 15 is 0 Å². The number of amides is 1. The summed E-state index contributed by atoms with van der Waals surface area (Å²) in [6.45, 7) is 0.0484. The quantitative estimate of drug-likeness (QED) is 0.417. The lowest BCUT2D eigenvalue weighted by atomic mass is 10.1. The molecule has 0 bridgehead atoms. The van der Waals surface area contributed by atoms with E-state index in [1.165, 1.54) is 18.2 Å². The molecule has 0 aliphatic carbocycles. The molecule has 1 heterocycles. The molecule has 6 nitrogen and oxygen atoms in total. The number of nitriles is 2. The molecule has 0 aliphatic rings. The Labute approximate surface area is 180 Å². The third-order valence-corrected chi connectivity index (χ3v) is 4.18. The second-order valence-electron chi connectivity index (χ2n) is 6.40. The first kappa shape index (κ1) is 22.2. The minimum Gasteiger partial charge on any atom is -0.486 e. The van der Waals surface area contributed by atoms with Gasteiger partial charge in [0.15, 0.2) is 0 Å². The van der Waals surface area contributed by atoms with Gasteiger partial charge in [-0.3, -0.25) is 4.79 Å². The number of ether oxygens (including phenoxy) is 1. The molecule has 0 radical (unpaired) electrons. The largest absolute Gasteiger partial charge is 0.486 e. The van der Waals surface area contributed by atoms with Gasteiger partial charge in [-0.1, -0.05) is 12.1 Å². The number of hydrogen-bond donors (Lipinski definition) is 1. The normalized spacial score (nSPS) is 11.3. The highest BCUT2D eigenvalue weighted by Crippen LogP contribution is 2.34. The fraction of sp³-hybridized carbons (Fsp3) is 0.0870. The Balaban J connectivity index is 1.69. The summed E-state index contributed by atoms with van der Waals surface area (Å²) >= 11 is 0. The number of halogens is 3. The van der Waals surface area contributed by atoms with E-state index in [4.69, 9.17) is 14.4 Å². The van der Waals surface area contributed by atoms with E-state index in [1.807, 2.05) is 6.07 Å². The predicted molar refractivity (Wildman–Crippen MR) is 108 cm³/mol. The monoisotopic (exact) mass is 437 g/mol. The number of alkyl halides is 3. The van der Waals surface area contributed by atoms with E-state index in [2.05, 4.69) is 5.32 Å². The Hall–Kier alpha value is -4.50. The minimum atomic E-state index is -4.66. The Bertz CT molecular complexity index is 1230. The van der Waals surface area contributed by atoms with Crippen LogP contribution >= 0.6 is 0 Å². The van der Waals surface area contributed by atoms with Crippen LogP contribution in [0.2, 0.25) is 0 Å². The summed E-state index contributed by atoms with van der Waals surface area (Å²) < 4.78 is 50.3. The second-order valence-corrected chi connectivity index (χ2v) is 6.40. The number of nitrogens with one attached hydrogen (secondary N) is 1. The molecule has 9 heteroatoms. The minimum absolute atomic E-state index is 0.0484. The van der Waals surface area contributed by atoms with E-state index in [9.17, 15) is 23.2 Å². The van der Waals surface area contributed by atoms with Gasteiger partial charge in [0.05, 0.1) is 22.9 Å². The summed E-state index contributed by atoms with van der Waals surface area (Å²) in [4.78, 5) is 12.3. The summed E-state index contributed by atoms with van der Waals surface area (Å²) in [5, 5.41) is 20.2. The lowest BCUT2D eigenvalue weighted by Gasteiger charge is -2.13. The van der Waals surface area contributed by atoms with Crippen LogP contribution in [-0.2, 0) is 17.6 Å². The van der Waals surface area contributed by atoms with Gasteiger partial charge in [-0.05, 0) is 48.5 Å². The maximum absolute atomic E-state index is 13.1. The fourth-order valence-electron chi connectivity index (χ4n) is 2.65. The van der Waals surface area contributed by atoms with Crippen molar-refractivity contribution in [3.8, 4) is 17.9 Å². The van der Waals surface area contributed by atoms with Crippen LogP contribution in [-0.4, -0.2) is 5.91 Å². The number of benzene rings is 2. The molecule has 1 N–H and O–H groups in total. The molecular formula is C23H14F3N3O3. The van der Waals surface area contributed by atoms with Crippen molar-refractivity contribution in [3.05, 3.63) is 88.9 Å². The van der Waals surface area contributed by atoms with Gasteiger partial charge in [-0.15, -0.1) is 0 Å². The average molecular weight is 437 g/mol. The molecule has 0 saturated carbocycles. The molecule has 0 unspecified atom stereocenters. The summed E-state index contributed by atoms with van der Waals surface area (Å²) in [6, 6.07) is 17.6. The van der Waals surface area contributed by atoms with Crippen LogP contribution in [0.3, 0.4) is 0 Å². The highest BCUT2D eigenvalue weighted by atomic mass is 19.4. The first-order valence-corrected chi connectivity index (χ1v) is 9.11. The smallest absolute Gasteiger partial charge is 0.418 e. The van der Waals surface area contributed by atoms with E-state index in [1.54, 1.807) is 36.4 Å². The van der Waals surface area contributed by atoms with Crippen LogP contribution in [0, 0.1) is 22.7 Å².